The van der Waals surface area contributed by atoms with Gasteiger partial charge in [-0.1, -0.05) is 0 Å². The largest absolute Gasteiger partial charge is 0.452 e. The first kappa shape index (κ1) is 14.5. The Labute approximate surface area is 120 Å². The number of rotatable bonds is 3. The molecule has 0 radical (unpaired) electrons. The quantitative estimate of drug-likeness (QED) is 0.822. The minimum Gasteiger partial charge on any atom is -0.452 e. The number of amides is 3. The van der Waals surface area contributed by atoms with Gasteiger partial charge in [0.15, 0.2) is 6.61 Å². The molecule has 2 rings (SSSR count). The molecule has 0 saturated heterocycles. The summed E-state index contributed by atoms with van der Waals surface area (Å²) in [6.45, 7) is -0.461. The van der Waals surface area contributed by atoms with Crippen LogP contribution in [0.15, 0.2) is 5.38 Å². The molecule has 7 heteroatoms. The van der Waals surface area contributed by atoms with Gasteiger partial charge in [0.1, 0.15) is 0 Å². The van der Waals surface area contributed by atoms with E-state index in [0.29, 0.717) is 5.56 Å². The number of nitrogens with one attached hydrogen (secondary N) is 2. The number of fused-ring (bicyclic) bond motifs is 1. The lowest BCUT2D eigenvalue weighted by atomic mass is 9.96. The lowest BCUT2D eigenvalue weighted by molar-refractivity contribution is -0.123. The third-order valence-electron chi connectivity index (χ3n) is 3.10. The number of esters is 1. The van der Waals surface area contributed by atoms with Gasteiger partial charge in [-0.05, 0) is 31.2 Å². The fourth-order valence-electron chi connectivity index (χ4n) is 2.10. The van der Waals surface area contributed by atoms with E-state index < -0.39 is 24.5 Å². The summed E-state index contributed by atoms with van der Waals surface area (Å²) in [6, 6.07) is -0.626. The lowest BCUT2D eigenvalue weighted by Gasteiger charge is -2.12. The molecule has 1 aliphatic carbocycles. The molecular formula is C13H16N2O4S. The Kier molecular flexibility index (Phi) is 4.73. The van der Waals surface area contributed by atoms with Crippen LogP contribution in [-0.4, -0.2) is 31.6 Å². The summed E-state index contributed by atoms with van der Waals surface area (Å²) in [5.74, 6) is -1.15. The van der Waals surface area contributed by atoms with Crippen LogP contribution >= 0.6 is 11.3 Å². The van der Waals surface area contributed by atoms with Gasteiger partial charge < -0.3 is 10.1 Å². The molecule has 0 atom stereocenters. The molecule has 0 bridgehead atoms. The maximum absolute atomic E-state index is 11.9. The van der Waals surface area contributed by atoms with Crippen LogP contribution in [0.5, 0.6) is 0 Å². The van der Waals surface area contributed by atoms with Gasteiger partial charge in [-0.15, -0.1) is 11.3 Å². The van der Waals surface area contributed by atoms with E-state index in [-0.39, 0.29) is 0 Å². The van der Waals surface area contributed by atoms with Gasteiger partial charge in [0, 0.05) is 17.3 Å². The zero-order chi connectivity index (χ0) is 14.5. The second-order valence-corrected chi connectivity index (χ2v) is 5.43. The first-order valence-electron chi connectivity index (χ1n) is 6.39. The molecule has 0 unspecified atom stereocenters. The molecule has 1 aromatic rings. The van der Waals surface area contributed by atoms with Crippen molar-refractivity contribution in [3.63, 3.8) is 0 Å². The number of hydrogen-bond donors (Lipinski definition) is 2. The fourth-order valence-corrected chi connectivity index (χ4v) is 3.21. The molecule has 20 heavy (non-hydrogen) atoms. The number of hydrogen-bond acceptors (Lipinski definition) is 5. The predicted molar refractivity (Wildman–Crippen MR) is 73.8 cm³/mol. The molecule has 108 valence electrons. The summed E-state index contributed by atoms with van der Waals surface area (Å²) in [5, 5.41) is 6.06. The molecule has 3 amide bonds. The summed E-state index contributed by atoms with van der Waals surface area (Å²) in [4.78, 5) is 35.4. The van der Waals surface area contributed by atoms with E-state index in [1.807, 2.05) is 5.32 Å². The average molecular weight is 296 g/mol. The van der Waals surface area contributed by atoms with Crippen molar-refractivity contribution in [1.82, 2.24) is 10.6 Å². The molecule has 0 saturated carbocycles. The third-order valence-corrected chi connectivity index (χ3v) is 4.18. The van der Waals surface area contributed by atoms with E-state index >= 15 is 0 Å². The van der Waals surface area contributed by atoms with Crippen molar-refractivity contribution in [2.24, 2.45) is 0 Å². The number of imide groups is 1. The Hall–Kier alpha value is -1.89. The highest BCUT2D eigenvalue weighted by atomic mass is 32.1. The van der Waals surface area contributed by atoms with E-state index in [9.17, 15) is 14.4 Å². The van der Waals surface area contributed by atoms with E-state index in [1.54, 1.807) is 16.7 Å². The molecule has 6 nitrogen and oxygen atoms in total. The smallest absolute Gasteiger partial charge is 0.339 e. The van der Waals surface area contributed by atoms with Crippen LogP contribution in [0, 0.1) is 0 Å². The first-order valence-corrected chi connectivity index (χ1v) is 7.27. The summed E-state index contributed by atoms with van der Waals surface area (Å²) in [5.41, 5.74) is 1.61. The van der Waals surface area contributed by atoms with E-state index in [0.717, 1.165) is 31.2 Å². The fraction of sp³-hybridized carbons (Fsp3) is 0.462. The molecule has 1 heterocycles. The molecule has 0 aliphatic heterocycles. The van der Waals surface area contributed by atoms with Crippen molar-refractivity contribution in [3.8, 4) is 0 Å². The van der Waals surface area contributed by atoms with Crippen LogP contribution in [-0.2, 0) is 22.4 Å². The maximum Gasteiger partial charge on any atom is 0.339 e. The maximum atomic E-state index is 11.9. The predicted octanol–water partition coefficient (Wildman–Crippen LogP) is 1.24. The Morgan fingerprint density at radius 1 is 1.30 bits per heavy atom. The third kappa shape index (κ3) is 3.36. The van der Waals surface area contributed by atoms with Gasteiger partial charge in [-0.2, -0.15) is 0 Å². The second kappa shape index (κ2) is 6.51. The van der Waals surface area contributed by atoms with Crippen molar-refractivity contribution < 1.29 is 19.1 Å². The number of ether oxygens (including phenoxy) is 1. The minimum absolute atomic E-state index is 0.461. The van der Waals surface area contributed by atoms with Gasteiger partial charge in [-0.3, -0.25) is 10.1 Å². The SMILES string of the molecule is CNC(=O)NC(=O)COC(=O)c1csc2c1CCCC2. The molecular weight excluding hydrogens is 280 g/mol. The molecule has 0 aromatic carbocycles. The van der Waals surface area contributed by atoms with Gasteiger partial charge in [0.05, 0.1) is 5.56 Å². The van der Waals surface area contributed by atoms with Crippen molar-refractivity contribution >= 4 is 29.2 Å². The number of thiophene rings is 1. The van der Waals surface area contributed by atoms with E-state index in [2.05, 4.69) is 5.32 Å². The summed E-state index contributed by atoms with van der Waals surface area (Å²) in [6.07, 6.45) is 4.11. The van der Waals surface area contributed by atoms with Gasteiger partial charge >= 0.3 is 12.0 Å². The van der Waals surface area contributed by atoms with Crippen molar-refractivity contribution in [3.05, 3.63) is 21.4 Å². The van der Waals surface area contributed by atoms with Crippen LogP contribution in [0.25, 0.3) is 0 Å². The highest BCUT2D eigenvalue weighted by Gasteiger charge is 2.21. The topological polar surface area (TPSA) is 84.5 Å². The Balaban J connectivity index is 1.91. The zero-order valence-electron chi connectivity index (χ0n) is 11.2. The molecule has 0 spiro atoms. The number of urea groups is 1. The molecule has 2 N–H and O–H groups in total. The average Bonchev–Trinajstić information content (AvgIpc) is 2.88. The van der Waals surface area contributed by atoms with Gasteiger partial charge in [0.2, 0.25) is 0 Å². The van der Waals surface area contributed by atoms with Crippen LogP contribution in [0.1, 0.15) is 33.6 Å². The molecule has 0 fully saturated rings. The number of carbonyl (C=O) groups excluding carboxylic acids is 3. The summed E-state index contributed by atoms with van der Waals surface area (Å²) < 4.78 is 4.94. The van der Waals surface area contributed by atoms with Crippen LogP contribution in [0.3, 0.4) is 0 Å². The Morgan fingerprint density at radius 3 is 2.80 bits per heavy atom. The van der Waals surface area contributed by atoms with Crippen molar-refractivity contribution in [2.75, 3.05) is 13.7 Å². The second-order valence-electron chi connectivity index (χ2n) is 4.46. The highest BCUT2D eigenvalue weighted by Crippen LogP contribution is 2.30. The monoisotopic (exact) mass is 296 g/mol. The van der Waals surface area contributed by atoms with Crippen molar-refractivity contribution in [1.29, 1.82) is 0 Å². The van der Waals surface area contributed by atoms with Crippen LogP contribution in [0.4, 0.5) is 4.79 Å². The van der Waals surface area contributed by atoms with E-state index in [1.165, 1.54) is 11.9 Å². The van der Waals surface area contributed by atoms with Crippen LogP contribution < -0.4 is 10.6 Å². The van der Waals surface area contributed by atoms with Crippen molar-refractivity contribution in [2.45, 2.75) is 25.7 Å². The van der Waals surface area contributed by atoms with Gasteiger partial charge in [-0.25, -0.2) is 9.59 Å². The molecule has 1 aromatic heterocycles. The Bertz CT molecular complexity index is 538. The number of carbonyl (C=O) groups is 3. The first-order chi connectivity index (χ1) is 9.61. The lowest BCUT2D eigenvalue weighted by Crippen LogP contribution is -2.39. The normalized spacial score (nSPS) is 13.2. The highest BCUT2D eigenvalue weighted by molar-refractivity contribution is 7.10. The Morgan fingerprint density at radius 2 is 2.05 bits per heavy atom. The molecule has 1 aliphatic rings. The van der Waals surface area contributed by atoms with Crippen LogP contribution in [0.2, 0.25) is 0 Å². The number of aryl methyl sites for hydroxylation is 1. The minimum atomic E-state index is -0.651. The summed E-state index contributed by atoms with van der Waals surface area (Å²) >= 11 is 1.56. The standard InChI is InChI=1S/C13H16N2O4S/c1-14-13(18)15-11(16)6-19-12(17)9-7-20-10-5-3-2-4-8(9)10/h7H,2-6H2,1H3,(H2,14,15,16,18). The zero-order valence-corrected chi connectivity index (χ0v) is 12.0. The van der Waals surface area contributed by atoms with E-state index in [4.69, 9.17) is 4.74 Å². The van der Waals surface area contributed by atoms with Gasteiger partial charge in [0.25, 0.3) is 5.91 Å². The summed E-state index contributed by atoms with van der Waals surface area (Å²) in [7, 11) is 1.40.